The Morgan fingerprint density at radius 3 is 2.81 bits per heavy atom. The van der Waals surface area contributed by atoms with Gasteiger partial charge < -0.3 is 0 Å². The molecule has 0 fully saturated rings. The maximum Gasteiger partial charge on any atom is 0.283 e. The lowest BCUT2D eigenvalue weighted by atomic mass is 10.2. The second-order valence-corrected chi connectivity index (χ2v) is 7.07. The van der Waals surface area contributed by atoms with E-state index in [4.69, 9.17) is 0 Å². The molecule has 0 saturated carbocycles. The van der Waals surface area contributed by atoms with Crippen LogP contribution in [0.1, 0.15) is 5.56 Å². The van der Waals surface area contributed by atoms with Crippen molar-refractivity contribution in [3.05, 3.63) is 79.5 Å². The monoisotopic (exact) mass is 382 g/mol. The number of nitro benzene ring substituents is 1. The highest BCUT2D eigenvalue weighted by Crippen LogP contribution is 2.33. The molecule has 1 aromatic carbocycles. The molecule has 9 heteroatoms. The van der Waals surface area contributed by atoms with Gasteiger partial charge in [-0.15, -0.1) is 22.7 Å². The van der Waals surface area contributed by atoms with Crippen LogP contribution in [-0.2, 0) is 0 Å². The first-order valence-corrected chi connectivity index (χ1v) is 9.21. The summed E-state index contributed by atoms with van der Waals surface area (Å²) in [5.74, 6) is 0. The molecule has 0 atom stereocenters. The minimum atomic E-state index is -0.487. The highest BCUT2D eigenvalue weighted by Gasteiger charge is 2.14. The molecule has 7 nitrogen and oxygen atoms in total. The van der Waals surface area contributed by atoms with Gasteiger partial charge in [0.15, 0.2) is 0 Å². The summed E-state index contributed by atoms with van der Waals surface area (Å²) in [6, 6.07) is 10.1. The van der Waals surface area contributed by atoms with E-state index in [1.807, 2.05) is 22.9 Å². The second kappa shape index (κ2) is 6.62. The summed E-state index contributed by atoms with van der Waals surface area (Å²) in [5.41, 5.74) is 0.753. The molecule has 4 rings (SSSR count). The van der Waals surface area contributed by atoms with Gasteiger partial charge in [0.2, 0.25) is 0 Å². The third kappa shape index (κ3) is 2.83. The van der Waals surface area contributed by atoms with Crippen LogP contribution >= 0.6 is 22.7 Å². The molecule has 3 heterocycles. The van der Waals surface area contributed by atoms with Crippen molar-refractivity contribution in [2.45, 2.75) is 0 Å². The zero-order chi connectivity index (χ0) is 18.1. The van der Waals surface area contributed by atoms with Crippen molar-refractivity contribution >= 4 is 44.8 Å². The Morgan fingerprint density at radius 2 is 2.04 bits per heavy atom. The van der Waals surface area contributed by atoms with Crippen LogP contribution in [0.2, 0.25) is 0 Å². The van der Waals surface area contributed by atoms with E-state index in [2.05, 4.69) is 10.1 Å². The molecule has 0 spiro atoms. The van der Waals surface area contributed by atoms with Gasteiger partial charge >= 0.3 is 0 Å². The summed E-state index contributed by atoms with van der Waals surface area (Å²) in [4.78, 5) is 29.3. The number of aromatic nitrogens is 2. The number of hydrogen-bond acceptors (Lipinski definition) is 7. The maximum absolute atomic E-state index is 12.8. The zero-order valence-electron chi connectivity index (χ0n) is 13.1. The third-order valence-electron chi connectivity index (χ3n) is 3.72. The molecule has 0 aliphatic heterocycles. The molecule has 0 aliphatic carbocycles. The number of benzene rings is 1. The largest absolute Gasteiger partial charge is 0.283 e. The number of para-hydroxylation sites is 1. The van der Waals surface area contributed by atoms with Gasteiger partial charge in [0, 0.05) is 21.9 Å². The van der Waals surface area contributed by atoms with Crippen molar-refractivity contribution in [1.82, 2.24) is 9.66 Å². The lowest BCUT2D eigenvalue weighted by Crippen LogP contribution is -2.16. The summed E-state index contributed by atoms with van der Waals surface area (Å²) >= 11 is 2.94. The van der Waals surface area contributed by atoms with Crippen molar-refractivity contribution in [3.63, 3.8) is 0 Å². The fraction of sp³-hybridized carbons (Fsp3) is 0. The predicted molar refractivity (Wildman–Crippen MR) is 103 cm³/mol. The van der Waals surface area contributed by atoms with Crippen LogP contribution in [0.4, 0.5) is 5.69 Å². The van der Waals surface area contributed by atoms with Crippen molar-refractivity contribution in [2.24, 2.45) is 5.10 Å². The second-order valence-electron chi connectivity index (χ2n) is 5.26. The SMILES string of the molecule is O=c1c2c(-c3cccs3)csc2ncn1/N=C\c1ccccc1[N+](=O)[O-]. The van der Waals surface area contributed by atoms with Crippen LogP contribution in [0.25, 0.3) is 20.7 Å². The van der Waals surface area contributed by atoms with E-state index < -0.39 is 4.92 Å². The van der Waals surface area contributed by atoms with Gasteiger partial charge in [-0.3, -0.25) is 14.9 Å². The highest BCUT2D eigenvalue weighted by atomic mass is 32.1. The van der Waals surface area contributed by atoms with Gasteiger partial charge in [-0.2, -0.15) is 9.78 Å². The number of nitrogens with zero attached hydrogens (tertiary/aromatic N) is 4. The van der Waals surface area contributed by atoms with Gasteiger partial charge in [0.25, 0.3) is 11.2 Å². The van der Waals surface area contributed by atoms with Crippen LogP contribution in [-0.4, -0.2) is 20.8 Å². The molecule has 0 amide bonds. The summed E-state index contributed by atoms with van der Waals surface area (Å²) in [5, 5.41) is 19.5. The zero-order valence-corrected chi connectivity index (χ0v) is 14.7. The Balaban J connectivity index is 1.81. The molecule has 0 N–H and O–H groups in total. The van der Waals surface area contributed by atoms with Crippen molar-refractivity contribution < 1.29 is 4.92 Å². The molecule has 4 aromatic rings. The average molecular weight is 382 g/mol. The van der Waals surface area contributed by atoms with Gasteiger partial charge in [-0.25, -0.2) is 4.98 Å². The third-order valence-corrected chi connectivity index (χ3v) is 5.51. The topological polar surface area (TPSA) is 90.4 Å². The molecule has 0 bridgehead atoms. The summed E-state index contributed by atoms with van der Waals surface area (Å²) in [7, 11) is 0. The van der Waals surface area contributed by atoms with E-state index in [1.54, 1.807) is 29.5 Å². The molecule has 26 heavy (non-hydrogen) atoms. The fourth-order valence-corrected chi connectivity index (χ4v) is 4.23. The van der Waals surface area contributed by atoms with Crippen molar-refractivity contribution in [3.8, 4) is 10.4 Å². The predicted octanol–water partition coefficient (Wildman–Crippen LogP) is 3.98. The quantitative estimate of drug-likeness (QED) is 0.303. The first-order valence-electron chi connectivity index (χ1n) is 7.45. The lowest BCUT2D eigenvalue weighted by Gasteiger charge is -2.00. The van der Waals surface area contributed by atoms with Crippen molar-refractivity contribution in [1.29, 1.82) is 0 Å². The van der Waals surface area contributed by atoms with Gasteiger partial charge in [-0.1, -0.05) is 18.2 Å². The first-order chi connectivity index (χ1) is 12.6. The summed E-state index contributed by atoms with van der Waals surface area (Å²) < 4.78 is 1.10. The van der Waals surface area contributed by atoms with E-state index in [0.29, 0.717) is 15.8 Å². The van der Waals surface area contributed by atoms with Crippen LogP contribution in [0.3, 0.4) is 0 Å². The Hall–Kier alpha value is -3.17. The normalized spacial score (nSPS) is 11.4. The van der Waals surface area contributed by atoms with Crippen molar-refractivity contribution in [2.75, 3.05) is 0 Å². The number of thiophene rings is 2. The molecule has 3 aromatic heterocycles. The minimum Gasteiger partial charge on any atom is -0.267 e. The van der Waals surface area contributed by atoms with Gasteiger partial charge in [0.1, 0.15) is 11.2 Å². The molecule has 0 aliphatic rings. The average Bonchev–Trinajstić information content (AvgIpc) is 3.31. The smallest absolute Gasteiger partial charge is 0.267 e. The summed E-state index contributed by atoms with van der Waals surface area (Å²) in [6.45, 7) is 0. The van der Waals surface area contributed by atoms with Gasteiger partial charge in [-0.05, 0) is 17.5 Å². The number of fused-ring (bicyclic) bond motifs is 1. The number of nitro groups is 1. The highest BCUT2D eigenvalue weighted by molar-refractivity contribution is 7.18. The molecule has 0 saturated heterocycles. The summed E-state index contributed by atoms with van der Waals surface area (Å²) in [6.07, 6.45) is 2.62. The van der Waals surface area contributed by atoms with E-state index >= 15 is 0 Å². The van der Waals surface area contributed by atoms with Crippen LogP contribution in [0.15, 0.2) is 63.4 Å². The minimum absolute atomic E-state index is 0.0758. The van der Waals surface area contributed by atoms with Crippen LogP contribution < -0.4 is 5.56 Å². The standard InChI is InChI=1S/C17H10N4O3S2/c22-17-15-12(14-6-3-7-25-14)9-26-16(15)18-10-20(17)19-8-11-4-1-2-5-13(11)21(23)24/h1-10H/b19-8-. The molecular formula is C17H10N4O3S2. The molecule has 128 valence electrons. The fourth-order valence-electron chi connectivity index (χ4n) is 2.51. The van der Waals surface area contributed by atoms with Crippen LogP contribution in [0.5, 0.6) is 0 Å². The van der Waals surface area contributed by atoms with Crippen LogP contribution in [0, 0.1) is 10.1 Å². The van der Waals surface area contributed by atoms with E-state index in [9.17, 15) is 14.9 Å². The first kappa shape index (κ1) is 16.3. The number of hydrogen-bond donors (Lipinski definition) is 0. The Bertz CT molecular complexity index is 1190. The van der Waals surface area contributed by atoms with E-state index in [-0.39, 0.29) is 11.2 Å². The Kier molecular flexibility index (Phi) is 4.15. The Labute approximate surface area is 154 Å². The lowest BCUT2D eigenvalue weighted by molar-refractivity contribution is -0.385. The maximum atomic E-state index is 12.8. The molecule has 0 unspecified atom stereocenters. The van der Waals surface area contributed by atoms with E-state index in [1.165, 1.54) is 29.9 Å². The Morgan fingerprint density at radius 1 is 1.19 bits per heavy atom. The van der Waals surface area contributed by atoms with E-state index in [0.717, 1.165) is 15.1 Å². The van der Waals surface area contributed by atoms with Gasteiger partial charge in [0.05, 0.1) is 22.1 Å². The molecule has 0 radical (unpaired) electrons. The number of rotatable bonds is 4. The molecular weight excluding hydrogens is 372 g/mol.